The largest absolute Gasteiger partial charge is 0.508 e. The maximum atomic E-state index is 13.1. The number of hydrogen-bond acceptors (Lipinski definition) is 4. The third-order valence-corrected chi connectivity index (χ3v) is 5.28. The number of primary amides is 1. The molecule has 27 heavy (non-hydrogen) atoms. The zero-order chi connectivity index (χ0) is 19.7. The zero-order valence-electron chi connectivity index (χ0n) is 15.6. The monoisotopic (exact) mass is 367 g/mol. The molecule has 0 spiro atoms. The van der Waals surface area contributed by atoms with Crippen molar-refractivity contribution >= 4 is 11.8 Å². The van der Waals surface area contributed by atoms with Crippen molar-refractivity contribution in [3.63, 3.8) is 0 Å². The fourth-order valence-corrected chi connectivity index (χ4v) is 3.82. The van der Waals surface area contributed by atoms with E-state index >= 15 is 0 Å². The molecule has 1 heterocycles. The van der Waals surface area contributed by atoms with E-state index in [2.05, 4.69) is 0 Å². The van der Waals surface area contributed by atoms with Crippen LogP contribution in [0.3, 0.4) is 0 Å². The number of phenols is 1. The van der Waals surface area contributed by atoms with Gasteiger partial charge in [0.05, 0.1) is 6.04 Å². The standard InChI is InChI=1S/C21H25N3O3/c1-12-7-16(25)8-13(2)17(12)10-18(22)21(27)24-11-15-6-4-3-5-14(15)9-19(24)20(23)26/h3-8,18-19,25H,9-11,22H2,1-2H3,(H2,23,26)/t18-,19?/m0/s1. The Balaban J connectivity index is 1.84. The number of benzene rings is 2. The topological polar surface area (TPSA) is 110 Å². The zero-order valence-corrected chi connectivity index (χ0v) is 15.6. The molecule has 0 bridgehead atoms. The van der Waals surface area contributed by atoms with Crippen LogP contribution < -0.4 is 11.5 Å². The van der Waals surface area contributed by atoms with Crippen molar-refractivity contribution in [3.05, 3.63) is 64.2 Å². The highest BCUT2D eigenvalue weighted by molar-refractivity contribution is 5.90. The van der Waals surface area contributed by atoms with E-state index in [4.69, 9.17) is 11.5 Å². The minimum Gasteiger partial charge on any atom is -0.508 e. The Bertz CT molecular complexity index is 871. The number of nitrogens with two attached hydrogens (primary N) is 2. The molecule has 2 aromatic rings. The van der Waals surface area contributed by atoms with E-state index < -0.39 is 18.0 Å². The third kappa shape index (κ3) is 3.80. The van der Waals surface area contributed by atoms with Gasteiger partial charge in [-0.25, -0.2) is 0 Å². The van der Waals surface area contributed by atoms with Gasteiger partial charge in [-0.1, -0.05) is 24.3 Å². The second-order valence-corrected chi connectivity index (χ2v) is 7.23. The molecule has 0 radical (unpaired) electrons. The smallest absolute Gasteiger partial charge is 0.240 e. The third-order valence-electron chi connectivity index (χ3n) is 5.28. The van der Waals surface area contributed by atoms with Crippen LogP contribution in [0.15, 0.2) is 36.4 Å². The molecule has 5 N–H and O–H groups in total. The average Bonchev–Trinajstić information content (AvgIpc) is 2.62. The summed E-state index contributed by atoms with van der Waals surface area (Å²) in [4.78, 5) is 26.5. The number of phenolic OH excluding ortho intramolecular Hbond substituents is 1. The van der Waals surface area contributed by atoms with Gasteiger partial charge in [-0.15, -0.1) is 0 Å². The van der Waals surface area contributed by atoms with E-state index in [9.17, 15) is 14.7 Å². The molecule has 0 aromatic heterocycles. The second kappa shape index (κ2) is 7.40. The van der Waals surface area contributed by atoms with E-state index in [0.29, 0.717) is 19.4 Å². The molecule has 1 unspecified atom stereocenters. The minimum atomic E-state index is -0.793. The van der Waals surface area contributed by atoms with Crippen molar-refractivity contribution < 1.29 is 14.7 Å². The van der Waals surface area contributed by atoms with Gasteiger partial charge in [-0.2, -0.15) is 0 Å². The Kier molecular flexibility index (Phi) is 5.19. The Morgan fingerprint density at radius 3 is 2.37 bits per heavy atom. The molecule has 0 fully saturated rings. The molecule has 3 rings (SSSR count). The maximum absolute atomic E-state index is 13.1. The minimum absolute atomic E-state index is 0.190. The van der Waals surface area contributed by atoms with Crippen LogP contribution in [-0.4, -0.2) is 33.9 Å². The maximum Gasteiger partial charge on any atom is 0.240 e. The molecule has 0 saturated heterocycles. The van der Waals surface area contributed by atoms with Crippen molar-refractivity contribution in [1.82, 2.24) is 4.90 Å². The molecule has 0 saturated carbocycles. The van der Waals surface area contributed by atoms with Crippen LogP contribution in [0.5, 0.6) is 5.75 Å². The molecule has 6 heteroatoms. The molecular weight excluding hydrogens is 342 g/mol. The summed E-state index contributed by atoms with van der Waals surface area (Å²) in [7, 11) is 0. The normalized spacial score (nSPS) is 17.3. The fourth-order valence-electron chi connectivity index (χ4n) is 3.82. The van der Waals surface area contributed by atoms with Crippen LogP contribution >= 0.6 is 0 Å². The van der Waals surface area contributed by atoms with E-state index in [1.54, 1.807) is 12.1 Å². The summed E-state index contributed by atoms with van der Waals surface area (Å²) in [5.74, 6) is -0.627. The molecule has 1 aliphatic heterocycles. The summed E-state index contributed by atoms with van der Waals surface area (Å²) in [6.07, 6.45) is 0.738. The molecular formula is C21H25N3O3. The number of rotatable bonds is 4. The van der Waals surface area contributed by atoms with Gasteiger partial charge in [-0.05, 0) is 60.2 Å². The highest BCUT2D eigenvalue weighted by atomic mass is 16.3. The lowest BCUT2D eigenvalue weighted by molar-refractivity contribution is -0.141. The summed E-state index contributed by atoms with van der Waals surface area (Å²) in [6.45, 7) is 4.08. The first-order valence-electron chi connectivity index (χ1n) is 8.99. The first-order chi connectivity index (χ1) is 12.8. The molecule has 6 nitrogen and oxygen atoms in total. The van der Waals surface area contributed by atoms with E-state index in [-0.39, 0.29) is 11.7 Å². The Hall–Kier alpha value is -2.86. The van der Waals surface area contributed by atoms with Crippen molar-refractivity contribution in [2.24, 2.45) is 11.5 Å². The summed E-state index contributed by atoms with van der Waals surface area (Å²) in [6, 6.07) is 9.56. The van der Waals surface area contributed by atoms with Gasteiger partial charge in [0.2, 0.25) is 11.8 Å². The van der Waals surface area contributed by atoms with Gasteiger partial charge in [0.15, 0.2) is 0 Å². The van der Waals surface area contributed by atoms with Crippen molar-refractivity contribution in [2.45, 2.75) is 45.3 Å². The van der Waals surface area contributed by atoms with Crippen LogP contribution in [0.4, 0.5) is 0 Å². The first kappa shape index (κ1) is 18.9. The van der Waals surface area contributed by atoms with Crippen molar-refractivity contribution in [2.75, 3.05) is 0 Å². The molecule has 0 aliphatic carbocycles. The Morgan fingerprint density at radius 1 is 1.19 bits per heavy atom. The van der Waals surface area contributed by atoms with E-state index in [0.717, 1.165) is 27.8 Å². The van der Waals surface area contributed by atoms with Gasteiger partial charge >= 0.3 is 0 Å². The van der Waals surface area contributed by atoms with Gasteiger partial charge in [0, 0.05) is 13.0 Å². The predicted octanol–water partition coefficient (Wildman–Crippen LogP) is 1.32. The number of hydrogen-bond donors (Lipinski definition) is 3. The molecule has 2 aromatic carbocycles. The number of nitrogens with zero attached hydrogens (tertiary/aromatic N) is 1. The van der Waals surface area contributed by atoms with Crippen LogP contribution in [-0.2, 0) is 29.0 Å². The summed E-state index contributed by atoms with van der Waals surface area (Å²) >= 11 is 0. The highest BCUT2D eigenvalue weighted by Gasteiger charge is 2.35. The first-order valence-corrected chi connectivity index (χ1v) is 8.99. The number of carbonyl (C=O) groups is 2. The van der Waals surface area contributed by atoms with Gasteiger partial charge < -0.3 is 21.5 Å². The van der Waals surface area contributed by atoms with Crippen LogP contribution in [0.2, 0.25) is 0 Å². The number of aromatic hydroxyl groups is 1. The quantitative estimate of drug-likeness (QED) is 0.757. The Morgan fingerprint density at radius 2 is 1.78 bits per heavy atom. The predicted molar refractivity (Wildman–Crippen MR) is 103 cm³/mol. The van der Waals surface area contributed by atoms with Gasteiger partial charge in [0.25, 0.3) is 0 Å². The molecule has 2 amide bonds. The van der Waals surface area contributed by atoms with Crippen LogP contribution in [0.1, 0.15) is 27.8 Å². The highest BCUT2D eigenvalue weighted by Crippen LogP contribution is 2.26. The number of fused-ring (bicyclic) bond motifs is 1. The fraction of sp³-hybridized carbons (Fsp3) is 0.333. The summed E-state index contributed by atoms with van der Waals surface area (Å²) < 4.78 is 0. The molecule has 142 valence electrons. The Labute approximate surface area is 158 Å². The summed E-state index contributed by atoms with van der Waals surface area (Å²) in [5.41, 5.74) is 16.5. The van der Waals surface area contributed by atoms with Crippen molar-refractivity contribution in [3.8, 4) is 5.75 Å². The average molecular weight is 367 g/mol. The van der Waals surface area contributed by atoms with Crippen LogP contribution in [0, 0.1) is 13.8 Å². The van der Waals surface area contributed by atoms with Crippen LogP contribution in [0.25, 0.3) is 0 Å². The lowest BCUT2D eigenvalue weighted by Crippen LogP contribution is -2.55. The van der Waals surface area contributed by atoms with E-state index in [1.165, 1.54) is 4.90 Å². The summed E-state index contributed by atoms with van der Waals surface area (Å²) in [5, 5.41) is 9.70. The lowest BCUT2D eigenvalue weighted by Gasteiger charge is -2.36. The number of aryl methyl sites for hydroxylation is 2. The lowest BCUT2D eigenvalue weighted by atomic mass is 9.91. The van der Waals surface area contributed by atoms with Gasteiger partial charge in [-0.3, -0.25) is 9.59 Å². The van der Waals surface area contributed by atoms with Gasteiger partial charge in [0.1, 0.15) is 11.8 Å². The number of amides is 2. The number of carbonyl (C=O) groups excluding carboxylic acids is 2. The van der Waals surface area contributed by atoms with E-state index in [1.807, 2.05) is 38.1 Å². The van der Waals surface area contributed by atoms with Crippen molar-refractivity contribution in [1.29, 1.82) is 0 Å². The molecule has 1 aliphatic rings. The molecule has 2 atom stereocenters. The SMILES string of the molecule is Cc1cc(O)cc(C)c1C[C@H](N)C(=O)N1Cc2ccccc2CC1C(N)=O. The second-order valence-electron chi connectivity index (χ2n) is 7.23.